The van der Waals surface area contributed by atoms with Gasteiger partial charge in [0.1, 0.15) is 0 Å². The van der Waals surface area contributed by atoms with Gasteiger partial charge in [0, 0.05) is 26.1 Å². The highest BCUT2D eigenvalue weighted by atomic mass is 35.5. The van der Waals surface area contributed by atoms with Crippen LogP contribution in [0.2, 0.25) is 0 Å². The molecule has 0 aromatic rings. The van der Waals surface area contributed by atoms with E-state index in [1.807, 2.05) is 0 Å². The van der Waals surface area contributed by atoms with Crippen molar-refractivity contribution in [2.24, 2.45) is 0 Å². The van der Waals surface area contributed by atoms with Crippen molar-refractivity contribution in [3.63, 3.8) is 0 Å². The van der Waals surface area contributed by atoms with Crippen LogP contribution >= 0.6 is 23.2 Å². The molecule has 0 unspecified atom stereocenters. The number of ether oxygens (including phenoxy) is 2. The molecule has 0 aromatic carbocycles. The van der Waals surface area contributed by atoms with E-state index in [1.54, 1.807) is 0 Å². The fourth-order valence-electron chi connectivity index (χ4n) is 0.948. The van der Waals surface area contributed by atoms with Crippen molar-refractivity contribution in [2.75, 3.05) is 26.4 Å². The lowest BCUT2D eigenvalue weighted by Crippen LogP contribution is -2.07. The normalized spacial score (nSPS) is 10.4. The van der Waals surface area contributed by atoms with E-state index in [0.717, 1.165) is 0 Å². The predicted octanol–water partition coefficient (Wildman–Crippen LogP) is 2.11. The number of rotatable bonds is 11. The van der Waals surface area contributed by atoms with Crippen molar-refractivity contribution < 1.29 is 19.1 Å². The van der Waals surface area contributed by atoms with E-state index in [1.165, 1.54) is 0 Å². The van der Waals surface area contributed by atoms with Gasteiger partial charge in [0.2, 0.25) is 10.5 Å². The van der Waals surface area contributed by atoms with Crippen LogP contribution in [0.4, 0.5) is 0 Å². The second-order valence-corrected chi connectivity index (χ2v) is 3.99. The second kappa shape index (κ2) is 11.3. The molecule has 0 saturated heterocycles. The first-order valence-electron chi connectivity index (χ1n) is 5.15. The maximum absolute atomic E-state index is 10.4. The molecule has 0 rings (SSSR count). The van der Waals surface area contributed by atoms with Crippen molar-refractivity contribution >= 4 is 33.7 Å². The molecule has 4 nitrogen and oxygen atoms in total. The van der Waals surface area contributed by atoms with Gasteiger partial charge in [-0.1, -0.05) is 0 Å². The highest BCUT2D eigenvalue weighted by Crippen LogP contribution is 1.96. The summed E-state index contributed by atoms with van der Waals surface area (Å²) >= 11 is 10.3. The lowest BCUT2D eigenvalue weighted by atomic mass is 10.3. The summed E-state index contributed by atoms with van der Waals surface area (Å²) in [4.78, 5) is 20.7. The SMILES string of the molecule is O=C(Cl)CCCOCCOCCCC(=O)Cl. The molecule has 0 N–H and O–H groups in total. The summed E-state index contributed by atoms with van der Waals surface area (Å²) in [6.07, 6.45) is 1.92. The van der Waals surface area contributed by atoms with Crippen molar-refractivity contribution in [3.05, 3.63) is 0 Å². The van der Waals surface area contributed by atoms with E-state index in [4.69, 9.17) is 32.7 Å². The van der Waals surface area contributed by atoms with Gasteiger partial charge in [0.15, 0.2) is 0 Å². The highest BCUT2D eigenvalue weighted by molar-refractivity contribution is 6.63. The minimum Gasteiger partial charge on any atom is -0.379 e. The fraction of sp³-hybridized carbons (Fsp3) is 0.800. The van der Waals surface area contributed by atoms with Crippen LogP contribution in [0.5, 0.6) is 0 Å². The van der Waals surface area contributed by atoms with Crippen LogP contribution in [-0.4, -0.2) is 36.9 Å². The number of carbonyl (C=O) groups excluding carboxylic acids is 2. The van der Waals surface area contributed by atoms with E-state index in [9.17, 15) is 9.59 Å². The molecule has 0 heterocycles. The first-order chi connectivity index (χ1) is 7.63. The third-order valence-corrected chi connectivity index (χ3v) is 2.07. The Morgan fingerprint density at radius 2 is 1.12 bits per heavy atom. The average Bonchev–Trinajstić information content (AvgIpc) is 2.20. The first kappa shape index (κ1) is 15.8. The third-order valence-electron chi connectivity index (χ3n) is 1.70. The molecule has 94 valence electrons. The molecule has 0 spiro atoms. The summed E-state index contributed by atoms with van der Waals surface area (Å²) < 4.78 is 10.4. The summed E-state index contributed by atoms with van der Waals surface area (Å²) in [7, 11) is 0. The average molecular weight is 271 g/mol. The van der Waals surface area contributed by atoms with E-state index in [0.29, 0.717) is 52.1 Å². The summed E-state index contributed by atoms with van der Waals surface area (Å²) in [6, 6.07) is 0. The van der Waals surface area contributed by atoms with E-state index >= 15 is 0 Å². The Bertz CT molecular complexity index is 187. The maximum Gasteiger partial charge on any atom is 0.221 e. The van der Waals surface area contributed by atoms with Crippen LogP contribution in [0.25, 0.3) is 0 Å². The summed E-state index contributed by atoms with van der Waals surface area (Å²) in [5.41, 5.74) is 0. The molecule has 0 bridgehead atoms. The first-order valence-corrected chi connectivity index (χ1v) is 5.90. The summed E-state index contributed by atoms with van der Waals surface area (Å²) in [5.74, 6) is 0. The van der Waals surface area contributed by atoms with Crippen molar-refractivity contribution in [2.45, 2.75) is 25.7 Å². The van der Waals surface area contributed by atoms with Gasteiger partial charge in [0.05, 0.1) is 13.2 Å². The van der Waals surface area contributed by atoms with E-state index in [-0.39, 0.29) is 10.5 Å². The van der Waals surface area contributed by atoms with Crippen molar-refractivity contribution in [3.8, 4) is 0 Å². The molecule has 6 heteroatoms. The molecule has 0 aliphatic heterocycles. The largest absolute Gasteiger partial charge is 0.379 e. The Hall–Kier alpha value is -0.160. The Balaban J connectivity index is 2.98. The molecule has 0 fully saturated rings. The summed E-state index contributed by atoms with van der Waals surface area (Å²) in [5, 5.41) is -0.684. The number of hydrogen-bond donors (Lipinski definition) is 0. The van der Waals surface area contributed by atoms with E-state index < -0.39 is 0 Å². The van der Waals surface area contributed by atoms with Gasteiger partial charge < -0.3 is 9.47 Å². The standard InChI is InChI=1S/C10H16Cl2O4/c11-9(13)3-1-5-15-7-8-16-6-2-4-10(12)14/h1-8H2. The van der Waals surface area contributed by atoms with Gasteiger partial charge in [-0.15, -0.1) is 0 Å². The molecule has 0 aliphatic rings. The Morgan fingerprint density at radius 3 is 1.44 bits per heavy atom. The van der Waals surface area contributed by atoms with Crippen LogP contribution in [0.3, 0.4) is 0 Å². The van der Waals surface area contributed by atoms with E-state index in [2.05, 4.69) is 0 Å². The van der Waals surface area contributed by atoms with Gasteiger partial charge in [-0.25, -0.2) is 0 Å². The smallest absolute Gasteiger partial charge is 0.221 e. The van der Waals surface area contributed by atoms with Gasteiger partial charge in [-0.05, 0) is 36.0 Å². The third kappa shape index (κ3) is 13.8. The number of hydrogen-bond acceptors (Lipinski definition) is 4. The van der Waals surface area contributed by atoms with Crippen LogP contribution in [0, 0.1) is 0 Å². The van der Waals surface area contributed by atoms with Gasteiger partial charge >= 0.3 is 0 Å². The Labute approximate surface area is 105 Å². The molecule has 0 saturated carbocycles. The Kier molecular flexibility index (Phi) is 11.2. The fourth-order valence-corrected chi connectivity index (χ4v) is 1.22. The van der Waals surface area contributed by atoms with Crippen LogP contribution in [0.1, 0.15) is 25.7 Å². The zero-order chi connectivity index (χ0) is 12.2. The van der Waals surface area contributed by atoms with Gasteiger partial charge in [-0.3, -0.25) is 9.59 Å². The zero-order valence-electron chi connectivity index (χ0n) is 9.05. The quantitative estimate of drug-likeness (QED) is 0.426. The van der Waals surface area contributed by atoms with Crippen LogP contribution < -0.4 is 0 Å². The van der Waals surface area contributed by atoms with Crippen molar-refractivity contribution in [1.82, 2.24) is 0 Å². The molecular weight excluding hydrogens is 255 g/mol. The number of halogens is 2. The van der Waals surface area contributed by atoms with Crippen LogP contribution in [0.15, 0.2) is 0 Å². The predicted molar refractivity (Wildman–Crippen MR) is 61.8 cm³/mol. The second-order valence-electron chi connectivity index (χ2n) is 3.14. The van der Waals surface area contributed by atoms with Gasteiger partial charge in [-0.2, -0.15) is 0 Å². The minimum atomic E-state index is -0.342. The molecule has 16 heavy (non-hydrogen) atoms. The molecule has 0 amide bonds. The Morgan fingerprint density at radius 1 is 0.750 bits per heavy atom. The lowest BCUT2D eigenvalue weighted by Gasteiger charge is -2.04. The monoisotopic (exact) mass is 270 g/mol. The topological polar surface area (TPSA) is 52.6 Å². The molecule has 0 aliphatic carbocycles. The molecule has 0 atom stereocenters. The van der Waals surface area contributed by atoms with Crippen molar-refractivity contribution in [1.29, 1.82) is 0 Å². The zero-order valence-corrected chi connectivity index (χ0v) is 10.6. The molecule has 0 radical (unpaired) electrons. The van der Waals surface area contributed by atoms with Gasteiger partial charge in [0.25, 0.3) is 0 Å². The number of carbonyl (C=O) groups is 2. The highest BCUT2D eigenvalue weighted by Gasteiger charge is 1.97. The minimum absolute atomic E-state index is 0.334. The maximum atomic E-state index is 10.4. The lowest BCUT2D eigenvalue weighted by molar-refractivity contribution is -0.112. The summed E-state index contributed by atoms with van der Waals surface area (Å²) in [6.45, 7) is 1.96. The molecule has 0 aromatic heterocycles. The molecular formula is C10H16Cl2O4. The van der Waals surface area contributed by atoms with Crippen LogP contribution in [-0.2, 0) is 19.1 Å².